The van der Waals surface area contributed by atoms with Gasteiger partial charge in [0.15, 0.2) is 0 Å². The Morgan fingerprint density at radius 3 is 2.42 bits per heavy atom. The summed E-state index contributed by atoms with van der Waals surface area (Å²) in [6, 6.07) is 2.29. The number of hydrogen-bond donors (Lipinski definition) is 1. The maximum Gasteiger partial charge on any atom is 0.325 e. The molecule has 0 aliphatic rings. The summed E-state index contributed by atoms with van der Waals surface area (Å²) in [6.07, 6.45) is -0.415. The van der Waals surface area contributed by atoms with Gasteiger partial charge >= 0.3 is 5.97 Å². The highest BCUT2D eigenvalue weighted by atomic mass is 35.5. The molecule has 1 aromatic heterocycles. The Hall–Kier alpha value is -0.590. The Labute approximate surface area is 127 Å². The zero-order valence-corrected chi connectivity index (χ0v) is 12.8. The van der Waals surface area contributed by atoms with Crippen molar-refractivity contribution in [1.82, 2.24) is 4.98 Å². The number of nitrogens with zero attached hydrogens (tertiary/aromatic N) is 1. The molecule has 1 aromatic rings. The van der Waals surface area contributed by atoms with Crippen molar-refractivity contribution >= 4 is 41.6 Å². The van der Waals surface area contributed by atoms with Gasteiger partial charge in [0, 0.05) is 7.11 Å². The Morgan fingerprint density at radius 1 is 1.42 bits per heavy atom. The second-order valence-electron chi connectivity index (χ2n) is 3.70. The number of rotatable bonds is 5. The van der Waals surface area contributed by atoms with Crippen molar-refractivity contribution in [2.45, 2.75) is 25.7 Å². The third kappa shape index (κ3) is 5.93. The standard InChI is InChI=1S/C11H14Cl2N2O3.ClH/c1-6(17-2)10(14)11(16)18-5-7-3-8(12)15-9(13)4-7;/h3-4,6,10H,5,14H2,1-2H3;1H/t6-,10+;/m1./s1. The second-order valence-corrected chi connectivity index (χ2v) is 4.47. The van der Waals surface area contributed by atoms with E-state index < -0.39 is 18.1 Å². The van der Waals surface area contributed by atoms with Crippen LogP contribution in [0, 0.1) is 0 Å². The molecule has 0 unspecified atom stereocenters. The monoisotopic (exact) mass is 328 g/mol. The Kier molecular flexibility index (Phi) is 8.29. The summed E-state index contributed by atoms with van der Waals surface area (Å²) in [4.78, 5) is 15.4. The van der Waals surface area contributed by atoms with E-state index in [0.717, 1.165) is 0 Å². The van der Waals surface area contributed by atoms with Gasteiger partial charge in [-0.05, 0) is 24.6 Å². The van der Waals surface area contributed by atoms with Crippen LogP contribution in [-0.2, 0) is 20.9 Å². The van der Waals surface area contributed by atoms with E-state index in [0.29, 0.717) is 5.56 Å². The molecule has 0 saturated heterocycles. The summed E-state index contributed by atoms with van der Waals surface area (Å²) in [5, 5.41) is 0.478. The Morgan fingerprint density at radius 2 is 1.95 bits per heavy atom. The topological polar surface area (TPSA) is 74.4 Å². The Bertz CT molecular complexity index is 411. The SMILES string of the molecule is CO[C@H](C)[C@H](N)C(=O)OCc1cc(Cl)nc(Cl)c1.Cl. The summed E-state index contributed by atoms with van der Waals surface area (Å²) in [7, 11) is 1.47. The molecule has 5 nitrogen and oxygen atoms in total. The number of carbonyl (C=O) groups is 1. The molecule has 108 valence electrons. The lowest BCUT2D eigenvalue weighted by molar-refractivity contribution is -0.149. The van der Waals surface area contributed by atoms with Crippen molar-refractivity contribution < 1.29 is 14.3 Å². The van der Waals surface area contributed by atoms with E-state index in [-0.39, 0.29) is 29.3 Å². The van der Waals surface area contributed by atoms with Gasteiger partial charge in [-0.25, -0.2) is 4.98 Å². The number of methoxy groups -OCH3 is 1. The van der Waals surface area contributed by atoms with Crippen LogP contribution in [0.25, 0.3) is 0 Å². The first-order valence-corrected chi connectivity index (χ1v) is 5.96. The van der Waals surface area contributed by atoms with Crippen LogP contribution in [-0.4, -0.2) is 30.2 Å². The lowest BCUT2D eigenvalue weighted by Gasteiger charge is -2.17. The molecule has 2 atom stereocenters. The minimum atomic E-state index is -0.831. The number of aromatic nitrogens is 1. The third-order valence-corrected chi connectivity index (χ3v) is 2.74. The number of pyridine rings is 1. The molecule has 8 heteroatoms. The maximum atomic E-state index is 11.6. The minimum Gasteiger partial charge on any atom is -0.460 e. The van der Waals surface area contributed by atoms with Crippen LogP contribution in [0.3, 0.4) is 0 Å². The number of ether oxygens (including phenoxy) is 2. The summed E-state index contributed by atoms with van der Waals surface area (Å²) < 4.78 is 9.98. The van der Waals surface area contributed by atoms with Crippen LogP contribution in [0.4, 0.5) is 0 Å². The molecular weight excluding hydrogens is 314 g/mol. The first-order chi connectivity index (χ1) is 8.43. The molecule has 0 saturated carbocycles. The fourth-order valence-electron chi connectivity index (χ4n) is 1.19. The summed E-state index contributed by atoms with van der Waals surface area (Å²) in [5.74, 6) is -0.548. The molecule has 0 amide bonds. The summed E-state index contributed by atoms with van der Waals surface area (Å²) in [5.41, 5.74) is 6.28. The van der Waals surface area contributed by atoms with Gasteiger partial charge in [-0.2, -0.15) is 0 Å². The van der Waals surface area contributed by atoms with Gasteiger partial charge in [0.25, 0.3) is 0 Å². The minimum absolute atomic E-state index is 0. The van der Waals surface area contributed by atoms with E-state index in [1.807, 2.05) is 0 Å². The van der Waals surface area contributed by atoms with Crippen LogP contribution in [0.2, 0.25) is 10.3 Å². The highest BCUT2D eigenvalue weighted by Gasteiger charge is 2.22. The largest absolute Gasteiger partial charge is 0.460 e. The Balaban J connectivity index is 0.00000324. The molecule has 19 heavy (non-hydrogen) atoms. The van der Waals surface area contributed by atoms with Crippen molar-refractivity contribution in [2.24, 2.45) is 5.73 Å². The molecule has 0 radical (unpaired) electrons. The van der Waals surface area contributed by atoms with Crippen molar-refractivity contribution in [3.8, 4) is 0 Å². The molecule has 1 heterocycles. The molecular formula is C11H15Cl3N2O3. The number of esters is 1. The van der Waals surface area contributed by atoms with Gasteiger partial charge in [-0.15, -0.1) is 12.4 Å². The van der Waals surface area contributed by atoms with E-state index in [1.54, 1.807) is 19.1 Å². The van der Waals surface area contributed by atoms with Gasteiger partial charge in [-0.1, -0.05) is 23.2 Å². The van der Waals surface area contributed by atoms with E-state index in [9.17, 15) is 4.79 Å². The quantitative estimate of drug-likeness (QED) is 0.662. The number of hydrogen-bond acceptors (Lipinski definition) is 5. The molecule has 2 N–H and O–H groups in total. The molecule has 0 aliphatic heterocycles. The van der Waals surface area contributed by atoms with Gasteiger partial charge in [0.2, 0.25) is 0 Å². The van der Waals surface area contributed by atoms with Crippen LogP contribution < -0.4 is 5.73 Å². The molecule has 0 fully saturated rings. The van der Waals surface area contributed by atoms with E-state index >= 15 is 0 Å². The number of nitrogens with two attached hydrogens (primary N) is 1. The summed E-state index contributed by atoms with van der Waals surface area (Å²) >= 11 is 11.4. The molecule has 1 rings (SSSR count). The molecule has 0 aromatic carbocycles. The van der Waals surface area contributed by atoms with Crippen LogP contribution >= 0.6 is 35.6 Å². The average Bonchev–Trinajstić information content (AvgIpc) is 2.32. The lowest BCUT2D eigenvalue weighted by atomic mass is 10.2. The normalized spacial score (nSPS) is 13.3. The van der Waals surface area contributed by atoms with E-state index in [4.69, 9.17) is 38.4 Å². The fraction of sp³-hybridized carbons (Fsp3) is 0.455. The van der Waals surface area contributed by atoms with Crippen molar-refractivity contribution in [3.63, 3.8) is 0 Å². The lowest BCUT2D eigenvalue weighted by Crippen LogP contribution is -2.42. The second kappa shape index (κ2) is 8.55. The van der Waals surface area contributed by atoms with Crippen molar-refractivity contribution in [1.29, 1.82) is 0 Å². The number of halogens is 3. The number of carbonyl (C=O) groups excluding carboxylic acids is 1. The van der Waals surface area contributed by atoms with Crippen LogP contribution in [0.1, 0.15) is 12.5 Å². The third-order valence-electron chi connectivity index (χ3n) is 2.35. The van der Waals surface area contributed by atoms with Gasteiger partial charge in [0.05, 0.1) is 6.10 Å². The van der Waals surface area contributed by atoms with Gasteiger partial charge in [0.1, 0.15) is 23.0 Å². The van der Waals surface area contributed by atoms with Crippen LogP contribution in [0.15, 0.2) is 12.1 Å². The first kappa shape index (κ1) is 18.4. The zero-order valence-electron chi connectivity index (χ0n) is 10.4. The first-order valence-electron chi connectivity index (χ1n) is 5.21. The molecule has 0 aliphatic carbocycles. The highest BCUT2D eigenvalue weighted by molar-refractivity contribution is 6.32. The molecule has 0 spiro atoms. The summed E-state index contributed by atoms with van der Waals surface area (Å²) in [6.45, 7) is 1.72. The van der Waals surface area contributed by atoms with E-state index in [1.165, 1.54) is 7.11 Å². The molecule has 0 bridgehead atoms. The predicted molar refractivity (Wildman–Crippen MR) is 75.7 cm³/mol. The van der Waals surface area contributed by atoms with Crippen molar-refractivity contribution in [3.05, 3.63) is 28.0 Å². The van der Waals surface area contributed by atoms with Crippen molar-refractivity contribution in [2.75, 3.05) is 7.11 Å². The van der Waals surface area contributed by atoms with Gasteiger partial charge in [-0.3, -0.25) is 4.79 Å². The zero-order chi connectivity index (χ0) is 13.7. The maximum absolute atomic E-state index is 11.6. The van der Waals surface area contributed by atoms with Crippen LogP contribution in [0.5, 0.6) is 0 Å². The van der Waals surface area contributed by atoms with E-state index in [2.05, 4.69) is 4.98 Å². The average molecular weight is 330 g/mol. The van der Waals surface area contributed by atoms with Gasteiger partial charge < -0.3 is 15.2 Å². The fourth-order valence-corrected chi connectivity index (χ4v) is 1.69. The predicted octanol–water partition coefficient (Wildman–Crippen LogP) is 2.22. The highest BCUT2D eigenvalue weighted by Crippen LogP contribution is 2.15. The smallest absolute Gasteiger partial charge is 0.325 e.